The van der Waals surface area contributed by atoms with E-state index in [9.17, 15) is 4.79 Å². The molecule has 1 aromatic rings. The summed E-state index contributed by atoms with van der Waals surface area (Å²) in [6.07, 6.45) is 0. The number of carbonyl (C=O) groups is 1. The number of phenols is 1. The fraction of sp³-hybridized carbons (Fsp3) is 0. The van der Waals surface area contributed by atoms with Crippen molar-refractivity contribution >= 4 is 57.4 Å². The van der Waals surface area contributed by atoms with Gasteiger partial charge in [-0.2, -0.15) is 0 Å². The van der Waals surface area contributed by atoms with Gasteiger partial charge in [0.05, 0.1) is 5.56 Å². The number of carboxylic acids is 1. The molecule has 0 amide bonds. The summed E-state index contributed by atoms with van der Waals surface area (Å²) >= 11 is 0. The van der Waals surface area contributed by atoms with Crippen molar-refractivity contribution in [1.82, 2.24) is 0 Å². The minimum atomic E-state index is -0.986. The number of hydrogen-bond acceptors (Lipinski definition) is 2. The molecule has 1 rings (SSSR count). The molecule has 0 aliphatic carbocycles. The van der Waals surface area contributed by atoms with Crippen LogP contribution in [0.3, 0.4) is 0 Å². The van der Waals surface area contributed by atoms with Crippen LogP contribution < -0.4 is 0 Å². The monoisotopic (exact) mass is 178 g/mol. The Kier molecular flexibility index (Phi) is 4.95. The number of hydrogen-bond donors (Lipinski definition) is 2. The maximum atomic E-state index is 10.2. The Morgan fingerprint density at radius 1 is 1.18 bits per heavy atom. The summed E-state index contributed by atoms with van der Waals surface area (Å²) in [5.74, 6) is -0.912. The second-order valence-electron chi connectivity index (χ2n) is 1.85. The van der Waals surface area contributed by atoms with Gasteiger partial charge in [-0.15, -0.1) is 0 Å². The van der Waals surface area contributed by atoms with Crippen LogP contribution in [0.5, 0.6) is 5.75 Å². The summed E-state index contributed by atoms with van der Waals surface area (Å²) < 4.78 is 0. The quantitative estimate of drug-likeness (QED) is 0.613. The topological polar surface area (TPSA) is 57.5 Å². The van der Waals surface area contributed by atoms with Crippen LogP contribution in [0.2, 0.25) is 0 Å². The number of carboxylic acid groups (broad SMARTS) is 1. The van der Waals surface area contributed by atoms with E-state index >= 15 is 0 Å². The molecule has 54 valence electrons. The zero-order chi connectivity index (χ0) is 7.56. The Morgan fingerprint density at radius 3 is 2.00 bits per heavy atom. The molecule has 0 unspecified atom stereocenters. The van der Waals surface area contributed by atoms with Crippen LogP contribution in [0.4, 0.5) is 0 Å². The van der Waals surface area contributed by atoms with E-state index in [0.717, 1.165) is 0 Å². The van der Waals surface area contributed by atoms with Gasteiger partial charge in [0.15, 0.2) is 0 Å². The molecule has 0 aromatic heterocycles. The van der Waals surface area contributed by atoms with E-state index in [1.54, 1.807) is 0 Å². The molecule has 0 saturated heterocycles. The number of benzene rings is 1. The van der Waals surface area contributed by atoms with Crippen LogP contribution in [0.15, 0.2) is 24.3 Å². The van der Waals surface area contributed by atoms with Gasteiger partial charge in [0, 0.05) is 0 Å². The van der Waals surface area contributed by atoms with Crippen LogP contribution >= 0.6 is 0 Å². The molecular formula is C7H7KO3. The van der Waals surface area contributed by atoms with Crippen LogP contribution in [-0.4, -0.2) is 67.6 Å². The molecule has 1 aromatic carbocycles. The number of aromatic carboxylic acids is 1. The van der Waals surface area contributed by atoms with Gasteiger partial charge in [0.2, 0.25) is 0 Å². The molecule has 3 nitrogen and oxygen atoms in total. The molecular weight excluding hydrogens is 171 g/mol. The third kappa shape index (κ3) is 3.35. The zero-order valence-corrected chi connectivity index (χ0v) is 5.11. The van der Waals surface area contributed by atoms with Crippen LogP contribution in [0, 0.1) is 0 Å². The van der Waals surface area contributed by atoms with Gasteiger partial charge >= 0.3 is 57.4 Å². The molecule has 0 heterocycles. The molecule has 0 saturated carbocycles. The van der Waals surface area contributed by atoms with E-state index in [1.807, 2.05) is 0 Å². The molecule has 0 radical (unpaired) electrons. The van der Waals surface area contributed by atoms with Crippen molar-refractivity contribution < 1.29 is 15.0 Å². The van der Waals surface area contributed by atoms with Crippen molar-refractivity contribution in [2.45, 2.75) is 0 Å². The first-order chi connectivity index (χ1) is 4.70. The molecule has 0 spiro atoms. The Balaban J connectivity index is 0.000001000. The fourth-order valence-corrected chi connectivity index (χ4v) is 0.604. The molecule has 0 bridgehead atoms. The average molecular weight is 178 g/mol. The first kappa shape index (κ1) is 11.1. The molecule has 0 aliphatic heterocycles. The summed E-state index contributed by atoms with van der Waals surface area (Å²) in [4.78, 5) is 10.2. The van der Waals surface area contributed by atoms with Crippen LogP contribution in [0.1, 0.15) is 10.4 Å². The number of aromatic hydroxyl groups is 1. The Labute approximate surface area is 106 Å². The van der Waals surface area contributed by atoms with Gasteiger partial charge in [-0.3, -0.25) is 0 Å². The normalized spacial score (nSPS) is 8.36. The molecule has 11 heavy (non-hydrogen) atoms. The van der Waals surface area contributed by atoms with Gasteiger partial charge in [-0.25, -0.2) is 4.79 Å². The van der Waals surface area contributed by atoms with Crippen molar-refractivity contribution in [2.24, 2.45) is 0 Å². The van der Waals surface area contributed by atoms with Crippen LogP contribution in [0.25, 0.3) is 0 Å². The standard InChI is InChI=1S/C7H6O3.K.H/c8-6-3-1-5(2-4-6)7(9)10;;/h1-4,8H,(H,9,10);;. The Hall–Kier alpha value is 0.126. The van der Waals surface area contributed by atoms with Gasteiger partial charge in [0.1, 0.15) is 5.75 Å². The average Bonchev–Trinajstić information content (AvgIpc) is 1.88. The van der Waals surface area contributed by atoms with Crippen molar-refractivity contribution in [2.75, 3.05) is 0 Å². The van der Waals surface area contributed by atoms with Crippen molar-refractivity contribution in [3.05, 3.63) is 29.8 Å². The van der Waals surface area contributed by atoms with Gasteiger partial charge in [0.25, 0.3) is 0 Å². The third-order valence-corrected chi connectivity index (χ3v) is 1.11. The number of rotatable bonds is 1. The van der Waals surface area contributed by atoms with Crippen LogP contribution in [-0.2, 0) is 0 Å². The SMILES string of the molecule is O=C(O)c1ccc(O)cc1.[KH]. The summed E-state index contributed by atoms with van der Waals surface area (Å²) in [5, 5.41) is 17.1. The third-order valence-electron chi connectivity index (χ3n) is 1.11. The molecule has 0 atom stereocenters. The maximum absolute atomic E-state index is 10.2. The first-order valence-electron chi connectivity index (χ1n) is 2.72. The molecule has 2 N–H and O–H groups in total. The zero-order valence-electron chi connectivity index (χ0n) is 5.11. The van der Waals surface area contributed by atoms with Crippen molar-refractivity contribution in [3.8, 4) is 5.75 Å². The second-order valence-corrected chi connectivity index (χ2v) is 1.85. The Bertz CT molecular complexity index is 242. The van der Waals surface area contributed by atoms with Crippen molar-refractivity contribution in [3.63, 3.8) is 0 Å². The predicted molar refractivity (Wildman–Crippen MR) is 42.2 cm³/mol. The van der Waals surface area contributed by atoms with Gasteiger partial charge < -0.3 is 10.2 Å². The summed E-state index contributed by atoms with van der Waals surface area (Å²) in [6.45, 7) is 0. The molecule has 0 aliphatic rings. The molecule has 0 fully saturated rings. The summed E-state index contributed by atoms with van der Waals surface area (Å²) in [5.41, 5.74) is 0.179. The Morgan fingerprint density at radius 2 is 1.64 bits per heavy atom. The van der Waals surface area contributed by atoms with E-state index in [1.165, 1.54) is 24.3 Å². The first-order valence-corrected chi connectivity index (χ1v) is 2.72. The summed E-state index contributed by atoms with van der Waals surface area (Å²) in [7, 11) is 0. The van der Waals surface area contributed by atoms with E-state index in [0.29, 0.717) is 0 Å². The van der Waals surface area contributed by atoms with Gasteiger partial charge in [-0.05, 0) is 24.3 Å². The van der Waals surface area contributed by atoms with E-state index < -0.39 is 5.97 Å². The predicted octanol–water partition coefficient (Wildman–Crippen LogP) is 0.442. The van der Waals surface area contributed by atoms with Gasteiger partial charge in [-0.1, -0.05) is 0 Å². The van der Waals surface area contributed by atoms with E-state index in [2.05, 4.69) is 0 Å². The van der Waals surface area contributed by atoms with Crippen molar-refractivity contribution in [1.29, 1.82) is 0 Å². The summed E-state index contributed by atoms with van der Waals surface area (Å²) in [6, 6.07) is 5.36. The fourth-order valence-electron chi connectivity index (χ4n) is 0.604. The van der Waals surface area contributed by atoms with E-state index in [4.69, 9.17) is 10.2 Å². The molecule has 4 heteroatoms. The number of phenolic OH excluding ortho intramolecular Hbond substituents is 1. The second kappa shape index (κ2) is 4.90. The minimum absolute atomic E-state index is 0. The van der Waals surface area contributed by atoms with E-state index in [-0.39, 0.29) is 62.7 Å².